The van der Waals surface area contributed by atoms with E-state index in [1.54, 1.807) is 11.3 Å². The van der Waals surface area contributed by atoms with Gasteiger partial charge in [0, 0.05) is 69.0 Å². The van der Waals surface area contributed by atoms with E-state index < -0.39 is 0 Å². The first-order chi connectivity index (χ1) is 10.6. The molecule has 0 spiro atoms. The molecular formula is C16H29N5S. The zero-order valence-corrected chi connectivity index (χ0v) is 14.7. The maximum atomic E-state index is 5.70. The van der Waals surface area contributed by atoms with Crippen LogP contribution in [0.4, 0.5) is 5.13 Å². The molecule has 5 nitrogen and oxygen atoms in total. The summed E-state index contributed by atoms with van der Waals surface area (Å²) in [6, 6.07) is 1.54. The molecule has 124 valence electrons. The lowest BCUT2D eigenvalue weighted by atomic mass is 10.2. The molecule has 0 aromatic carbocycles. The summed E-state index contributed by atoms with van der Waals surface area (Å²) in [6.45, 7) is 12.9. The fraction of sp³-hybridized carbons (Fsp3) is 0.812. The van der Waals surface area contributed by atoms with E-state index in [1.807, 2.05) is 6.20 Å². The summed E-state index contributed by atoms with van der Waals surface area (Å²) in [7, 11) is 0. The number of rotatable bonds is 5. The van der Waals surface area contributed by atoms with E-state index in [1.165, 1.54) is 43.9 Å². The molecular weight excluding hydrogens is 294 g/mol. The highest BCUT2D eigenvalue weighted by atomic mass is 32.1. The molecule has 22 heavy (non-hydrogen) atoms. The highest BCUT2D eigenvalue weighted by Gasteiger charge is 2.27. The second-order valence-corrected chi connectivity index (χ2v) is 7.94. The van der Waals surface area contributed by atoms with Gasteiger partial charge < -0.3 is 5.73 Å². The van der Waals surface area contributed by atoms with E-state index in [0.29, 0.717) is 5.13 Å². The second-order valence-electron chi connectivity index (χ2n) is 6.80. The van der Waals surface area contributed by atoms with E-state index >= 15 is 0 Å². The summed E-state index contributed by atoms with van der Waals surface area (Å²) >= 11 is 1.61. The molecule has 0 saturated carbocycles. The molecule has 0 radical (unpaired) electrons. The largest absolute Gasteiger partial charge is 0.375 e. The van der Waals surface area contributed by atoms with Crippen molar-refractivity contribution in [2.24, 2.45) is 0 Å². The first-order valence-electron chi connectivity index (χ1n) is 8.52. The molecule has 0 aliphatic carbocycles. The van der Waals surface area contributed by atoms with Gasteiger partial charge in [-0.15, -0.1) is 11.3 Å². The van der Waals surface area contributed by atoms with Crippen molar-refractivity contribution in [3.63, 3.8) is 0 Å². The standard InChI is InChI=1S/C16H29N5S/c1-13-3-4-14(2)21(13)10-9-19-5-7-20(8-6-19)12-15-11-18-16(17)22-15/h11,13-14H,3-10,12H2,1-2H3,(H2,17,18). The van der Waals surface area contributed by atoms with Crippen LogP contribution in [0.2, 0.25) is 0 Å². The molecule has 2 aliphatic rings. The number of hydrogen-bond donors (Lipinski definition) is 1. The molecule has 3 heterocycles. The Labute approximate surface area is 138 Å². The van der Waals surface area contributed by atoms with Crippen LogP contribution in [-0.2, 0) is 6.54 Å². The van der Waals surface area contributed by atoms with Crippen molar-refractivity contribution in [1.29, 1.82) is 0 Å². The third-order valence-electron chi connectivity index (χ3n) is 5.22. The van der Waals surface area contributed by atoms with Crippen LogP contribution in [-0.4, -0.2) is 71.0 Å². The van der Waals surface area contributed by atoms with Crippen molar-refractivity contribution in [3.8, 4) is 0 Å². The van der Waals surface area contributed by atoms with E-state index in [4.69, 9.17) is 5.73 Å². The van der Waals surface area contributed by atoms with Gasteiger partial charge in [0.1, 0.15) is 0 Å². The summed E-state index contributed by atoms with van der Waals surface area (Å²) in [5, 5.41) is 0.683. The summed E-state index contributed by atoms with van der Waals surface area (Å²) < 4.78 is 0. The Hall–Kier alpha value is -0.690. The lowest BCUT2D eigenvalue weighted by molar-refractivity contribution is 0.106. The summed E-state index contributed by atoms with van der Waals surface area (Å²) in [6.07, 6.45) is 4.66. The zero-order valence-electron chi connectivity index (χ0n) is 13.9. The van der Waals surface area contributed by atoms with Crippen LogP contribution in [0, 0.1) is 0 Å². The van der Waals surface area contributed by atoms with E-state index in [2.05, 4.69) is 33.5 Å². The first kappa shape index (κ1) is 16.2. The highest BCUT2D eigenvalue weighted by Crippen LogP contribution is 2.23. The fourth-order valence-corrected chi connectivity index (χ4v) is 4.46. The molecule has 2 fully saturated rings. The summed E-state index contributed by atoms with van der Waals surface area (Å²) in [5.41, 5.74) is 5.70. The summed E-state index contributed by atoms with van der Waals surface area (Å²) in [4.78, 5) is 13.2. The lowest BCUT2D eigenvalue weighted by Crippen LogP contribution is -2.48. The predicted octanol–water partition coefficient (Wildman–Crippen LogP) is 1.72. The van der Waals surface area contributed by atoms with Gasteiger partial charge in [-0.1, -0.05) is 0 Å². The number of nitrogen functional groups attached to an aromatic ring is 1. The van der Waals surface area contributed by atoms with Crippen LogP contribution >= 0.6 is 11.3 Å². The predicted molar refractivity (Wildman–Crippen MR) is 93.1 cm³/mol. The Bertz CT molecular complexity index is 459. The monoisotopic (exact) mass is 323 g/mol. The molecule has 2 N–H and O–H groups in total. The van der Waals surface area contributed by atoms with Crippen LogP contribution in [0.15, 0.2) is 6.20 Å². The van der Waals surface area contributed by atoms with Gasteiger partial charge in [-0.3, -0.25) is 14.7 Å². The van der Waals surface area contributed by atoms with Crippen LogP contribution in [0.5, 0.6) is 0 Å². The van der Waals surface area contributed by atoms with E-state index in [-0.39, 0.29) is 0 Å². The minimum Gasteiger partial charge on any atom is -0.375 e. The molecule has 6 heteroatoms. The Balaban J connectivity index is 1.38. The minimum absolute atomic E-state index is 0.683. The molecule has 0 amide bonds. The number of hydrogen-bond acceptors (Lipinski definition) is 6. The molecule has 2 saturated heterocycles. The number of anilines is 1. The van der Waals surface area contributed by atoms with Gasteiger partial charge >= 0.3 is 0 Å². The number of piperazine rings is 1. The smallest absolute Gasteiger partial charge is 0.180 e. The molecule has 1 aromatic rings. The molecule has 2 atom stereocenters. The van der Waals surface area contributed by atoms with Crippen molar-refractivity contribution < 1.29 is 0 Å². The lowest BCUT2D eigenvalue weighted by Gasteiger charge is -2.36. The second kappa shape index (κ2) is 7.25. The molecule has 2 aliphatic heterocycles. The van der Waals surface area contributed by atoms with Gasteiger partial charge in [0.25, 0.3) is 0 Å². The normalized spacial score (nSPS) is 28.5. The zero-order chi connectivity index (χ0) is 15.5. The highest BCUT2D eigenvalue weighted by molar-refractivity contribution is 7.15. The van der Waals surface area contributed by atoms with E-state index in [9.17, 15) is 0 Å². The molecule has 2 unspecified atom stereocenters. The quantitative estimate of drug-likeness (QED) is 0.894. The maximum Gasteiger partial charge on any atom is 0.180 e. The molecule has 3 rings (SSSR count). The Morgan fingerprint density at radius 2 is 1.73 bits per heavy atom. The maximum absolute atomic E-state index is 5.70. The number of likely N-dealkylation sites (tertiary alicyclic amines) is 1. The van der Waals surface area contributed by atoms with Gasteiger partial charge in [0.05, 0.1) is 0 Å². The molecule has 1 aromatic heterocycles. The van der Waals surface area contributed by atoms with Gasteiger partial charge in [-0.2, -0.15) is 0 Å². The van der Waals surface area contributed by atoms with Crippen molar-refractivity contribution in [3.05, 3.63) is 11.1 Å². The number of aromatic nitrogens is 1. The Kier molecular flexibility index (Phi) is 5.33. The fourth-order valence-electron chi connectivity index (χ4n) is 3.73. The van der Waals surface area contributed by atoms with Crippen molar-refractivity contribution in [2.45, 2.75) is 45.3 Å². The number of nitrogens with two attached hydrogens (primary N) is 1. The minimum atomic E-state index is 0.683. The average Bonchev–Trinajstić information content (AvgIpc) is 3.05. The van der Waals surface area contributed by atoms with Crippen molar-refractivity contribution in [1.82, 2.24) is 19.7 Å². The third kappa shape index (κ3) is 3.98. The van der Waals surface area contributed by atoms with Crippen LogP contribution in [0.1, 0.15) is 31.6 Å². The van der Waals surface area contributed by atoms with Gasteiger partial charge in [-0.25, -0.2) is 4.98 Å². The van der Waals surface area contributed by atoms with Crippen LogP contribution in [0.3, 0.4) is 0 Å². The number of nitrogens with zero attached hydrogens (tertiary/aromatic N) is 4. The molecule has 0 bridgehead atoms. The van der Waals surface area contributed by atoms with Gasteiger partial charge in [0.2, 0.25) is 0 Å². The van der Waals surface area contributed by atoms with Crippen LogP contribution in [0.25, 0.3) is 0 Å². The Morgan fingerprint density at radius 3 is 2.32 bits per heavy atom. The average molecular weight is 324 g/mol. The van der Waals surface area contributed by atoms with Gasteiger partial charge in [0.15, 0.2) is 5.13 Å². The Morgan fingerprint density at radius 1 is 1.09 bits per heavy atom. The van der Waals surface area contributed by atoms with Gasteiger partial charge in [-0.05, 0) is 26.7 Å². The van der Waals surface area contributed by atoms with Crippen LogP contribution < -0.4 is 5.73 Å². The number of thiazole rings is 1. The SMILES string of the molecule is CC1CCC(C)N1CCN1CCN(Cc2cnc(N)s2)CC1. The summed E-state index contributed by atoms with van der Waals surface area (Å²) in [5.74, 6) is 0. The van der Waals surface area contributed by atoms with E-state index in [0.717, 1.165) is 31.7 Å². The first-order valence-corrected chi connectivity index (χ1v) is 9.34. The third-order valence-corrected chi connectivity index (χ3v) is 6.04. The topological polar surface area (TPSA) is 48.6 Å². The van der Waals surface area contributed by atoms with Crippen molar-refractivity contribution >= 4 is 16.5 Å². The van der Waals surface area contributed by atoms with Crippen molar-refractivity contribution in [2.75, 3.05) is 45.0 Å².